The van der Waals surface area contributed by atoms with Gasteiger partial charge in [0.2, 0.25) is 5.88 Å². The molecule has 0 saturated heterocycles. The first-order valence-electron chi connectivity index (χ1n) is 5.51. The van der Waals surface area contributed by atoms with Gasteiger partial charge >= 0.3 is 0 Å². The Labute approximate surface area is 88.4 Å². The Hall–Kier alpha value is -1.32. The Balaban J connectivity index is 2.24. The van der Waals surface area contributed by atoms with Gasteiger partial charge in [0, 0.05) is 6.42 Å². The van der Waals surface area contributed by atoms with Crippen molar-refractivity contribution in [2.75, 3.05) is 0 Å². The van der Waals surface area contributed by atoms with Crippen LogP contribution in [0.5, 0.6) is 5.88 Å². The largest absolute Gasteiger partial charge is 0.493 e. The maximum absolute atomic E-state index is 11.6. The molecule has 1 saturated carbocycles. The molecule has 2 N–H and O–H groups in total. The van der Waals surface area contributed by atoms with E-state index in [1.54, 1.807) is 0 Å². The second-order valence-corrected chi connectivity index (χ2v) is 4.21. The molecule has 0 aliphatic heterocycles. The number of rotatable bonds is 4. The molecular weight excluding hydrogens is 192 g/mol. The van der Waals surface area contributed by atoms with Crippen LogP contribution in [0, 0.1) is 5.92 Å². The summed E-state index contributed by atoms with van der Waals surface area (Å²) in [6.07, 6.45) is 4.62. The SMILES string of the molecule is CCCc1c(O)nc(CC2CC2)[nH]c1=O. The van der Waals surface area contributed by atoms with Crippen LogP contribution in [-0.4, -0.2) is 15.1 Å². The molecule has 82 valence electrons. The summed E-state index contributed by atoms with van der Waals surface area (Å²) in [6.45, 7) is 1.97. The molecule has 0 aromatic carbocycles. The average molecular weight is 208 g/mol. The van der Waals surface area contributed by atoms with Crippen molar-refractivity contribution in [2.24, 2.45) is 5.92 Å². The van der Waals surface area contributed by atoms with Crippen LogP contribution in [0.4, 0.5) is 0 Å². The van der Waals surface area contributed by atoms with Gasteiger partial charge in [0.05, 0.1) is 5.56 Å². The third-order valence-electron chi connectivity index (χ3n) is 2.72. The Morgan fingerprint density at radius 3 is 2.80 bits per heavy atom. The van der Waals surface area contributed by atoms with Gasteiger partial charge in [0.15, 0.2) is 0 Å². The molecule has 1 heterocycles. The Bertz CT molecular complexity index is 408. The maximum Gasteiger partial charge on any atom is 0.257 e. The lowest BCUT2D eigenvalue weighted by molar-refractivity contribution is 0.438. The molecule has 4 heteroatoms. The Kier molecular flexibility index (Phi) is 2.75. The fraction of sp³-hybridized carbons (Fsp3) is 0.636. The fourth-order valence-electron chi connectivity index (χ4n) is 1.70. The number of nitrogens with one attached hydrogen (secondary N) is 1. The number of nitrogens with zero attached hydrogens (tertiary/aromatic N) is 1. The summed E-state index contributed by atoms with van der Waals surface area (Å²) in [4.78, 5) is 18.4. The van der Waals surface area contributed by atoms with Gasteiger partial charge in [-0.15, -0.1) is 0 Å². The van der Waals surface area contributed by atoms with Crippen LogP contribution in [0.3, 0.4) is 0 Å². The third kappa shape index (κ3) is 2.37. The van der Waals surface area contributed by atoms with Crippen molar-refractivity contribution in [3.8, 4) is 5.88 Å². The van der Waals surface area contributed by atoms with Crippen LogP contribution in [0.25, 0.3) is 0 Å². The fourth-order valence-corrected chi connectivity index (χ4v) is 1.70. The summed E-state index contributed by atoms with van der Waals surface area (Å²) in [7, 11) is 0. The van der Waals surface area contributed by atoms with E-state index in [-0.39, 0.29) is 11.4 Å². The van der Waals surface area contributed by atoms with Gasteiger partial charge in [0.25, 0.3) is 5.56 Å². The van der Waals surface area contributed by atoms with E-state index in [9.17, 15) is 9.90 Å². The quantitative estimate of drug-likeness (QED) is 0.785. The molecule has 1 aliphatic carbocycles. The van der Waals surface area contributed by atoms with E-state index < -0.39 is 0 Å². The lowest BCUT2D eigenvalue weighted by Gasteiger charge is -2.04. The second kappa shape index (κ2) is 4.04. The van der Waals surface area contributed by atoms with Gasteiger partial charge in [-0.3, -0.25) is 4.79 Å². The lowest BCUT2D eigenvalue weighted by Crippen LogP contribution is -2.17. The second-order valence-electron chi connectivity index (χ2n) is 4.21. The van der Waals surface area contributed by atoms with E-state index >= 15 is 0 Å². The van der Waals surface area contributed by atoms with E-state index in [1.807, 2.05) is 6.92 Å². The topological polar surface area (TPSA) is 66.0 Å². The smallest absolute Gasteiger partial charge is 0.257 e. The molecule has 0 amide bonds. The zero-order chi connectivity index (χ0) is 10.8. The lowest BCUT2D eigenvalue weighted by atomic mass is 10.2. The van der Waals surface area contributed by atoms with E-state index in [0.717, 1.165) is 12.8 Å². The van der Waals surface area contributed by atoms with Crippen LogP contribution in [-0.2, 0) is 12.8 Å². The van der Waals surface area contributed by atoms with Crippen LogP contribution in [0.2, 0.25) is 0 Å². The summed E-state index contributed by atoms with van der Waals surface area (Å²) in [5.74, 6) is 1.20. The monoisotopic (exact) mass is 208 g/mol. The highest BCUT2D eigenvalue weighted by Crippen LogP contribution is 2.31. The number of aromatic nitrogens is 2. The standard InChI is InChI=1S/C11H16N2O2/c1-2-3-8-10(14)12-9(13-11(8)15)6-7-4-5-7/h7H,2-6H2,1H3,(H2,12,13,14,15). The summed E-state index contributed by atoms with van der Waals surface area (Å²) < 4.78 is 0. The van der Waals surface area contributed by atoms with Crippen molar-refractivity contribution in [3.63, 3.8) is 0 Å². The molecule has 15 heavy (non-hydrogen) atoms. The number of aromatic amines is 1. The molecule has 1 fully saturated rings. The van der Waals surface area contributed by atoms with Crippen LogP contribution < -0.4 is 5.56 Å². The molecule has 0 bridgehead atoms. The van der Waals surface area contributed by atoms with Crippen LogP contribution in [0.1, 0.15) is 37.6 Å². The van der Waals surface area contributed by atoms with Gasteiger partial charge < -0.3 is 10.1 Å². The van der Waals surface area contributed by atoms with E-state index in [0.29, 0.717) is 23.7 Å². The first-order chi connectivity index (χ1) is 7.20. The van der Waals surface area contributed by atoms with Gasteiger partial charge in [-0.1, -0.05) is 13.3 Å². The van der Waals surface area contributed by atoms with Crippen LogP contribution in [0.15, 0.2) is 4.79 Å². The Morgan fingerprint density at radius 2 is 2.27 bits per heavy atom. The summed E-state index contributed by atoms with van der Waals surface area (Å²) in [5.41, 5.74) is 0.233. The zero-order valence-electron chi connectivity index (χ0n) is 8.92. The summed E-state index contributed by atoms with van der Waals surface area (Å²) in [5, 5.41) is 9.61. The number of hydrogen-bond donors (Lipinski definition) is 2. The molecule has 0 atom stereocenters. The minimum absolute atomic E-state index is 0.0868. The van der Waals surface area contributed by atoms with Crippen molar-refractivity contribution in [3.05, 3.63) is 21.7 Å². The highest BCUT2D eigenvalue weighted by molar-refractivity contribution is 5.22. The van der Waals surface area contributed by atoms with Crippen molar-refractivity contribution in [1.82, 2.24) is 9.97 Å². The third-order valence-corrected chi connectivity index (χ3v) is 2.72. The average Bonchev–Trinajstić information content (AvgIpc) is 2.95. The number of H-pyrrole nitrogens is 1. The van der Waals surface area contributed by atoms with Crippen molar-refractivity contribution >= 4 is 0 Å². The van der Waals surface area contributed by atoms with Crippen LogP contribution >= 0.6 is 0 Å². The number of hydrogen-bond acceptors (Lipinski definition) is 3. The highest BCUT2D eigenvalue weighted by atomic mass is 16.3. The molecule has 1 aromatic heterocycles. The maximum atomic E-state index is 11.6. The van der Waals surface area contributed by atoms with Crippen molar-refractivity contribution < 1.29 is 5.11 Å². The van der Waals surface area contributed by atoms with Gasteiger partial charge in [-0.05, 0) is 25.2 Å². The Morgan fingerprint density at radius 1 is 1.53 bits per heavy atom. The normalized spacial score (nSPS) is 15.5. The van der Waals surface area contributed by atoms with E-state index in [2.05, 4.69) is 9.97 Å². The summed E-state index contributed by atoms with van der Waals surface area (Å²) in [6, 6.07) is 0. The van der Waals surface area contributed by atoms with E-state index in [4.69, 9.17) is 0 Å². The van der Waals surface area contributed by atoms with Gasteiger partial charge in [-0.2, -0.15) is 0 Å². The molecule has 0 radical (unpaired) electrons. The first-order valence-corrected chi connectivity index (χ1v) is 5.51. The van der Waals surface area contributed by atoms with E-state index in [1.165, 1.54) is 12.8 Å². The van der Waals surface area contributed by atoms with Gasteiger partial charge in [-0.25, -0.2) is 4.98 Å². The minimum Gasteiger partial charge on any atom is -0.493 e. The highest BCUT2D eigenvalue weighted by Gasteiger charge is 2.23. The molecule has 0 spiro atoms. The molecular formula is C11H16N2O2. The predicted octanol–water partition coefficient (Wildman–Crippen LogP) is 1.38. The molecule has 2 rings (SSSR count). The predicted molar refractivity (Wildman–Crippen MR) is 56.9 cm³/mol. The molecule has 0 unspecified atom stereocenters. The van der Waals surface area contributed by atoms with Crippen molar-refractivity contribution in [2.45, 2.75) is 39.0 Å². The molecule has 4 nitrogen and oxygen atoms in total. The molecule has 1 aliphatic rings. The van der Waals surface area contributed by atoms with Gasteiger partial charge in [0.1, 0.15) is 5.82 Å². The first kappa shape index (κ1) is 10.2. The molecule has 1 aromatic rings. The number of aromatic hydroxyl groups is 1. The summed E-state index contributed by atoms with van der Waals surface area (Å²) >= 11 is 0. The zero-order valence-corrected chi connectivity index (χ0v) is 8.92. The van der Waals surface area contributed by atoms with Crippen molar-refractivity contribution in [1.29, 1.82) is 0 Å². The minimum atomic E-state index is -0.181.